The minimum Gasteiger partial charge on any atom is -0.352 e. The van der Waals surface area contributed by atoms with E-state index in [2.05, 4.69) is 21.6 Å². The van der Waals surface area contributed by atoms with Crippen molar-refractivity contribution in [1.82, 2.24) is 15.5 Å². The highest BCUT2D eigenvalue weighted by atomic mass is 35.5. The molecule has 2 aromatic rings. The molecule has 4 N–H and O–H groups in total. The highest BCUT2D eigenvalue weighted by Gasteiger charge is 2.20. The van der Waals surface area contributed by atoms with Gasteiger partial charge in [0.15, 0.2) is 0 Å². The number of hydrogen-bond acceptors (Lipinski definition) is 3. The highest BCUT2D eigenvalue weighted by molar-refractivity contribution is 6.31. The Balaban J connectivity index is 1.61. The van der Waals surface area contributed by atoms with Crippen LogP contribution in [0.25, 0.3) is 0 Å². The lowest BCUT2D eigenvalue weighted by Crippen LogP contribution is -2.36. The van der Waals surface area contributed by atoms with E-state index in [1.54, 1.807) is 18.2 Å². The molecule has 0 saturated carbocycles. The van der Waals surface area contributed by atoms with Crippen LogP contribution in [0.2, 0.25) is 5.02 Å². The molecule has 0 unspecified atom stereocenters. The predicted molar refractivity (Wildman–Crippen MR) is 119 cm³/mol. The van der Waals surface area contributed by atoms with E-state index < -0.39 is 12.1 Å². The molecule has 7 heteroatoms. The van der Waals surface area contributed by atoms with Crippen LogP contribution in [-0.4, -0.2) is 29.9 Å². The highest BCUT2D eigenvalue weighted by Crippen LogP contribution is 2.25. The summed E-state index contributed by atoms with van der Waals surface area (Å²) in [5.74, 6) is -0.179. The molecule has 3 amide bonds. The topological polar surface area (TPSA) is 87.5 Å². The average molecular weight is 429 g/mol. The Hall–Kier alpha value is -2.57. The molecule has 2 aromatic carbocycles. The number of likely N-dealkylation sites (tertiary alicyclic amines) is 1. The summed E-state index contributed by atoms with van der Waals surface area (Å²) in [5, 5.41) is 6.08. The Kier molecular flexibility index (Phi) is 8.11. The zero-order chi connectivity index (χ0) is 21.3. The van der Waals surface area contributed by atoms with Crippen LogP contribution in [-0.2, 0) is 17.9 Å². The van der Waals surface area contributed by atoms with Crippen molar-refractivity contribution in [3.8, 4) is 0 Å². The molecule has 1 fully saturated rings. The van der Waals surface area contributed by atoms with E-state index in [0.29, 0.717) is 17.1 Å². The monoisotopic (exact) mass is 428 g/mol. The van der Waals surface area contributed by atoms with Crippen molar-refractivity contribution in [2.24, 2.45) is 5.73 Å². The number of carbonyl (C=O) groups is 2. The molecule has 1 aliphatic heterocycles. The second-order valence-corrected chi connectivity index (χ2v) is 8.08. The number of hydrogen-bond donors (Lipinski definition) is 3. The van der Waals surface area contributed by atoms with Gasteiger partial charge in [-0.3, -0.25) is 9.69 Å². The Morgan fingerprint density at radius 1 is 1.00 bits per heavy atom. The van der Waals surface area contributed by atoms with Crippen LogP contribution in [0, 0.1) is 0 Å². The third-order valence-corrected chi connectivity index (χ3v) is 5.77. The van der Waals surface area contributed by atoms with Gasteiger partial charge in [0.2, 0.25) is 5.91 Å². The van der Waals surface area contributed by atoms with Crippen molar-refractivity contribution in [3.05, 3.63) is 70.2 Å². The van der Waals surface area contributed by atoms with Crippen molar-refractivity contribution in [1.29, 1.82) is 0 Å². The second-order valence-electron chi connectivity index (χ2n) is 7.67. The van der Waals surface area contributed by atoms with Crippen LogP contribution < -0.4 is 16.4 Å². The van der Waals surface area contributed by atoms with Gasteiger partial charge in [0, 0.05) is 18.1 Å². The standard InChI is InChI=1S/C23H29ClN4O2/c24-20-11-5-4-10-19(20)21(27-23(25)30)14-22(29)26-15-17-8-2-3-9-18(17)16-28-12-6-1-7-13-28/h2-5,8-11,21H,1,6-7,12-16H2,(H,26,29)(H3,25,27,30)/t21-/m1/s1. The quantitative estimate of drug-likeness (QED) is 0.598. The van der Waals surface area contributed by atoms with Gasteiger partial charge in [-0.2, -0.15) is 0 Å². The predicted octanol–water partition coefficient (Wildman–Crippen LogP) is 3.74. The summed E-state index contributed by atoms with van der Waals surface area (Å²) >= 11 is 6.24. The summed E-state index contributed by atoms with van der Waals surface area (Å²) in [6.45, 7) is 3.59. The molecular weight excluding hydrogens is 400 g/mol. The number of halogens is 1. The first-order valence-electron chi connectivity index (χ1n) is 10.4. The van der Waals surface area contributed by atoms with Crippen LogP contribution in [0.4, 0.5) is 4.79 Å². The summed E-state index contributed by atoms with van der Waals surface area (Å²) in [6, 6.07) is 14.0. The lowest BCUT2D eigenvalue weighted by molar-refractivity contribution is -0.121. The molecule has 1 aliphatic rings. The maximum Gasteiger partial charge on any atom is 0.312 e. The summed E-state index contributed by atoms with van der Waals surface area (Å²) in [6.07, 6.45) is 3.85. The Bertz CT molecular complexity index is 868. The van der Waals surface area contributed by atoms with Gasteiger partial charge < -0.3 is 16.4 Å². The molecule has 3 rings (SSSR count). The summed E-state index contributed by atoms with van der Waals surface area (Å²) < 4.78 is 0. The zero-order valence-electron chi connectivity index (χ0n) is 17.1. The van der Waals surface area contributed by atoms with E-state index in [1.807, 2.05) is 24.3 Å². The number of amides is 3. The Morgan fingerprint density at radius 3 is 2.37 bits per heavy atom. The van der Waals surface area contributed by atoms with Crippen LogP contribution >= 0.6 is 11.6 Å². The number of primary amides is 1. The van der Waals surface area contributed by atoms with Gasteiger partial charge in [0.1, 0.15) is 0 Å². The third-order valence-electron chi connectivity index (χ3n) is 5.42. The molecule has 160 valence electrons. The van der Waals surface area contributed by atoms with Crippen LogP contribution in [0.5, 0.6) is 0 Å². The smallest absolute Gasteiger partial charge is 0.312 e. The van der Waals surface area contributed by atoms with E-state index in [4.69, 9.17) is 17.3 Å². The first kappa shape index (κ1) is 22.1. The molecule has 1 atom stereocenters. The molecule has 1 heterocycles. The molecule has 0 radical (unpaired) electrons. The molecule has 0 aliphatic carbocycles. The number of piperidine rings is 1. The molecular formula is C23H29ClN4O2. The number of benzene rings is 2. The van der Waals surface area contributed by atoms with Gasteiger partial charge in [-0.05, 0) is 48.7 Å². The van der Waals surface area contributed by atoms with Crippen molar-refractivity contribution in [3.63, 3.8) is 0 Å². The number of nitrogens with one attached hydrogen (secondary N) is 2. The maximum absolute atomic E-state index is 12.6. The van der Waals surface area contributed by atoms with Crippen LogP contribution in [0.3, 0.4) is 0 Å². The van der Waals surface area contributed by atoms with Crippen molar-refractivity contribution < 1.29 is 9.59 Å². The van der Waals surface area contributed by atoms with Gasteiger partial charge in [0.25, 0.3) is 0 Å². The third kappa shape index (κ3) is 6.47. The maximum atomic E-state index is 12.6. The fraction of sp³-hybridized carbons (Fsp3) is 0.391. The number of carbonyl (C=O) groups excluding carboxylic acids is 2. The van der Waals surface area contributed by atoms with Crippen molar-refractivity contribution in [2.75, 3.05) is 13.1 Å². The lowest BCUT2D eigenvalue weighted by atomic mass is 10.0. The first-order valence-corrected chi connectivity index (χ1v) is 10.8. The van der Waals surface area contributed by atoms with Crippen molar-refractivity contribution >= 4 is 23.5 Å². The van der Waals surface area contributed by atoms with Crippen LogP contribution in [0.1, 0.15) is 48.4 Å². The fourth-order valence-electron chi connectivity index (χ4n) is 3.86. The van der Waals surface area contributed by atoms with Gasteiger partial charge in [-0.1, -0.05) is 60.5 Å². The number of nitrogens with zero attached hydrogens (tertiary/aromatic N) is 1. The van der Waals surface area contributed by atoms with Gasteiger partial charge in [-0.25, -0.2) is 4.79 Å². The minimum atomic E-state index is -0.695. The molecule has 30 heavy (non-hydrogen) atoms. The molecule has 6 nitrogen and oxygen atoms in total. The summed E-state index contributed by atoms with van der Waals surface area (Å²) in [7, 11) is 0. The molecule has 0 spiro atoms. The van der Waals surface area contributed by atoms with E-state index in [0.717, 1.165) is 25.2 Å². The van der Waals surface area contributed by atoms with E-state index in [-0.39, 0.29) is 12.3 Å². The number of nitrogens with two attached hydrogens (primary N) is 1. The molecule has 0 aromatic heterocycles. The fourth-order valence-corrected chi connectivity index (χ4v) is 4.13. The Labute approximate surface area is 182 Å². The van der Waals surface area contributed by atoms with Gasteiger partial charge >= 0.3 is 6.03 Å². The zero-order valence-corrected chi connectivity index (χ0v) is 17.8. The molecule has 1 saturated heterocycles. The average Bonchev–Trinajstić information content (AvgIpc) is 2.73. The Morgan fingerprint density at radius 2 is 1.67 bits per heavy atom. The van der Waals surface area contributed by atoms with E-state index in [1.165, 1.54) is 24.8 Å². The SMILES string of the molecule is NC(=O)N[C@H](CC(=O)NCc1ccccc1CN1CCCCC1)c1ccccc1Cl. The number of urea groups is 1. The normalized spacial score (nSPS) is 15.4. The largest absolute Gasteiger partial charge is 0.352 e. The summed E-state index contributed by atoms with van der Waals surface area (Å²) in [4.78, 5) is 26.5. The second kappa shape index (κ2) is 11.0. The van der Waals surface area contributed by atoms with E-state index in [9.17, 15) is 9.59 Å². The van der Waals surface area contributed by atoms with Gasteiger partial charge in [-0.15, -0.1) is 0 Å². The molecule has 0 bridgehead atoms. The first-order chi connectivity index (χ1) is 14.5. The van der Waals surface area contributed by atoms with E-state index >= 15 is 0 Å². The summed E-state index contributed by atoms with van der Waals surface area (Å²) in [5.41, 5.74) is 8.31. The van der Waals surface area contributed by atoms with Gasteiger partial charge in [0.05, 0.1) is 12.5 Å². The lowest BCUT2D eigenvalue weighted by Gasteiger charge is -2.27. The van der Waals surface area contributed by atoms with Crippen LogP contribution in [0.15, 0.2) is 48.5 Å². The number of rotatable bonds is 8. The minimum absolute atomic E-state index is 0.0565. The van der Waals surface area contributed by atoms with Crippen molar-refractivity contribution in [2.45, 2.75) is 44.8 Å².